The number of hydrogen-bond acceptors (Lipinski definition) is 8. The Labute approximate surface area is 217 Å². The lowest BCUT2D eigenvalue weighted by Gasteiger charge is -2.09. The molecule has 0 atom stereocenters. The first kappa shape index (κ1) is 24.8. The fourth-order valence-corrected chi connectivity index (χ4v) is 5.64. The fraction of sp³-hybridized carbons (Fsp3) is 0.160. The minimum atomic E-state index is -3.67. The zero-order valence-electron chi connectivity index (χ0n) is 19.6. The van der Waals surface area contributed by atoms with Gasteiger partial charge < -0.3 is 11.1 Å². The van der Waals surface area contributed by atoms with E-state index in [1.807, 2.05) is 46.3 Å². The molecular formula is C25H24FN7O2S2. The molecule has 0 radical (unpaired) electrons. The Morgan fingerprint density at radius 1 is 1.03 bits per heavy atom. The second-order valence-corrected chi connectivity index (χ2v) is 10.9. The van der Waals surface area contributed by atoms with Crippen molar-refractivity contribution in [3.8, 4) is 22.6 Å². The number of aromatic nitrogens is 4. The van der Waals surface area contributed by atoms with E-state index in [2.05, 4.69) is 15.0 Å². The third-order valence-electron chi connectivity index (χ3n) is 5.62. The highest BCUT2D eigenvalue weighted by Crippen LogP contribution is 2.34. The lowest BCUT2D eigenvalue weighted by molar-refractivity contribution is 0.576. The van der Waals surface area contributed by atoms with Crippen LogP contribution in [0.15, 0.2) is 77.3 Å². The normalized spacial score (nSPS) is 11.7. The SMILES string of the molecule is Nc1cccc(-c2nc3sccn3c2-c2ccnc(NCCCCNS(=O)(=O)c3ccc(F)cc3)n2)c1. The van der Waals surface area contributed by atoms with Gasteiger partial charge in [-0.25, -0.2) is 32.5 Å². The maximum Gasteiger partial charge on any atom is 0.240 e. The number of halogens is 1. The predicted octanol–water partition coefficient (Wildman–Crippen LogP) is 4.41. The second kappa shape index (κ2) is 10.6. The maximum atomic E-state index is 13.0. The monoisotopic (exact) mass is 537 g/mol. The van der Waals surface area contributed by atoms with E-state index in [0.29, 0.717) is 36.7 Å². The lowest BCUT2D eigenvalue weighted by atomic mass is 10.1. The van der Waals surface area contributed by atoms with Gasteiger partial charge >= 0.3 is 0 Å². The van der Waals surface area contributed by atoms with E-state index in [-0.39, 0.29) is 11.4 Å². The first-order valence-electron chi connectivity index (χ1n) is 11.5. The summed E-state index contributed by atoms with van der Waals surface area (Å²) in [6, 6.07) is 14.2. The molecule has 0 aliphatic heterocycles. The van der Waals surface area contributed by atoms with E-state index in [9.17, 15) is 12.8 Å². The summed E-state index contributed by atoms with van der Waals surface area (Å²) in [5.41, 5.74) is 9.92. The number of nitrogen functional groups attached to an aromatic ring is 1. The summed E-state index contributed by atoms with van der Waals surface area (Å²) < 4.78 is 42.1. The highest BCUT2D eigenvalue weighted by atomic mass is 32.2. The van der Waals surface area contributed by atoms with Gasteiger partial charge in [0.1, 0.15) is 11.5 Å². The van der Waals surface area contributed by atoms with E-state index in [1.165, 1.54) is 23.5 Å². The Morgan fingerprint density at radius 2 is 1.84 bits per heavy atom. The Balaban J connectivity index is 1.22. The molecule has 2 aromatic carbocycles. The number of nitrogens with two attached hydrogens (primary N) is 1. The van der Waals surface area contributed by atoms with Crippen LogP contribution in [-0.2, 0) is 10.0 Å². The van der Waals surface area contributed by atoms with E-state index >= 15 is 0 Å². The molecule has 0 spiro atoms. The molecule has 9 nitrogen and oxygen atoms in total. The highest BCUT2D eigenvalue weighted by Gasteiger charge is 2.18. The molecule has 4 N–H and O–H groups in total. The topological polar surface area (TPSA) is 127 Å². The lowest BCUT2D eigenvalue weighted by Crippen LogP contribution is -2.25. The van der Waals surface area contributed by atoms with Gasteiger partial charge in [-0.15, -0.1) is 11.3 Å². The molecule has 190 valence electrons. The van der Waals surface area contributed by atoms with Gasteiger partial charge in [0, 0.05) is 42.1 Å². The standard InChI is InChI=1S/C25H24FN7O2S2/c26-18-6-8-20(9-7-18)37(34,35)30-12-2-1-11-28-24-29-13-10-21(31-24)23-22(17-4-3-5-19(27)16-17)32-25-33(23)14-15-36-25/h3-10,13-16,30H,1-2,11-12,27H2,(H,28,29,31). The molecule has 0 saturated heterocycles. The summed E-state index contributed by atoms with van der Waals surface area (Å²) in [6.07, 6.45) is 4.94. The number of hydrogen-bond donors (Lipinski definition) is 3. The molecule has 0 fully saturated rings. The number of rotatable bonds is 10. The number of imidazole rings is 1. The molecule has 0 bridgehead atoms. The number of fused-ring (bicyclic) bond motifs is 1. The van der Waals surface area contributed by atoms with Crippen LogP contribution in [0.25, 0.3) is 27.6 Å². The molecule has 5 rings (SSSR count). The number of thiazole rings is 1. The van der Waals surface area contributed by atoms with Crippen molar-refractivity contribution in [3.05, 3.63) is 78.2 Å². The van der Waals surface area contributed by atoms with Crippen LogP contribution in [0.4, 0.5) is 16.0 Å². The third kappa shape index (κ3) is 5.61. The molecule has 5 aromatic rings. The van der Waals surface area contributed by atoms with Crippen LogP contribution in [0.5, 0.6) is 0 Å². The van der Waals surface area contributed by atoms with Gasteiger partial charge in [0.15, 0.2) is 4.96 Å². The van der Waals surface area contributed by atoms with E-state index in [0.717, 1.165) is 34.0 Å². The average Bonchev–Trinajstić information content (AvgIpc) is 3.48. The number of unbranched alkanes of at least 4 members (excludes halogenated alkanes) is 1. The molecule has 12 heteroatoms. The van der Waals surface area contributed by atoms with Gasteiger partial charge in [-0.05, 0) is 55.3 Å². The number of sulfonamides is 1. The van der Waals surface area contributed by atoms with E-state index in [1.54, 1.807) is 6.20 Å². The Bertz CT molecular complexity index is 1630. The quantitative estimate of drug-likeness (QED) is 0.178. The molecule has 3 heterocycles. The Kier molecular flexibility index (Phi) is 7.12. The van der Waals surface area contributed by atoms with Crippen molar-refractivity contribution < 1.29 is 12.8 Å². The van der Waals surface area contributed by atoms with Crippen LogP contribution in [-0.4, -0.2) is 40.9 Å². The average molecular weight is 538 g/mol. The molecule has 0 unspecified atom stereocenters. The third-order valence-corrected chi connectivity index (χ3v) is 7.86. The van der Waals surface area contributed by atoms with Crippen molar-refractivity contribution in [1.82, 2.24) is 24.1 Å². The Morgan fingerprint density at radius 3 is 2.65 bits per heavy atom. The summed E-state index contributed by atoms with van der Waals surface area (Å²) in [6.45, 7) is 0.821. The van der Waals surface area contributed by atoms with E-state index in [4.69, 9.17) is 15.7 Å². The van der Waals surface area contributed by atoms with Crippen LogP contribution in [0.1, 0.15) is 12.8 Å². The van der Waals surface area contributed by atoms with Crippen molar-refractivity contribution in [2.45, 2.75) is 17.7 Å². The Hall–Kier alpha value is -3.87. The number of nitrogens with one attached hydrogen (secondary N) is 2. The van der Waals surface area contributed by atoms with Gasteiger partial charge in [0.2, 0.25) is 16.0 Å². The summed E-state index contributed by atoms with van der Waals surface area (Å²) in [5.74, 6) is -0.0154. The van der Waals surface area contributed by atoms with Crippen LogP contribution >= 0.6 is 11.3 Å². The zero-order chi connectivity index (χ0) is 25.8. The number of benzene rings is 2. The van der Waals surface area contributed by atoms with Gasteiger partial charge in [-0.1, -0.05) is 12.1 Å². The summed E-state index contributed by atoms with van der Waals surface area (Å²) in [7, 11) is -3.67. The van der Waals surface area contributed by atoms with Crippen molar-refractivity contribution >= 4 is 38.0 Å². The van der Waals surface area contributed by atoms with Crippen LogP contribution in [0.2, 0.25) is 0 Å². The van der Waals surface area contributed by atoms with Crippen LogP contribution < -0.4 is 15.8 Å². The minimum Gasteiger partial charge on any atom is -0.399 e. The molecule has 37 heavy (non-hydrogen) atoms. The molecular weight excluding hydrogens is 513 g/mol. The highest BCUT2D eigenvalue weighted by molar-refractivity contribution is 7.89. The molecule has 3 aromatic heterocycles. The van der Waals surface area contributed by atoms with Crippen molar-refractivity contribution in [3.63, 3.8) is 0 Å². The maximum absolute atomic E-state index is 13.0. The smallest absolute Gasteiger partial charge is 0.240 e. The number of nitrogens with zero attached hydrogens (tertiary/aromatic N) is 4. The molecule has 0 saturated carbocycles. The summed E-state index contributed by atoms with van der Waals surface area (Å²) in [4.78, 5) is 14.7. The molecule has 0 aliphatic carbocycles. The largest absolute Gasteiger partial charge is 0.399 e. The van der Waals surface area contributed by atoms with Crippen LogP contribution in [0, 0.1) is 5.82 Å². The fourth-order valence-electron chi connectivity index (χ4n) is 3.85. The van der Waals surface area contributed by atoms with Crippen molar-refractivity contribution in [2.75, 3.05) is 24.1 Å². The second-order valence-electron chi connectivity index (χ2n) is 8.24. The molecule has 0 aliphatic rings. The number of anilines is 2. The van der Waals surface area contributed by atoms with Crippen molar-refractivity contribution in [2.24, 2.45) is 0 Å². The van der Waals surface area contributed by atoms with Crippen LogP contribution in [0.3, 0.4) is 0 Å². The van der Waals surface area contributed by atoms with E-state index < -0.39 is 15.8 Å². The minimum absolute atomic E-state index is 0.0365. The van der Waals surface area contributed by atoms with Gasteiger partial charge in [-0.3, -0.25) is 4.40 Å². The summed E-state index contributed by atoms with van der Waals surface area (Å²) in [5, 5.41) is 5.18. The van der Waals surface area contributed by atoms with Gasteiger partial charge in [-0.2, -0.15) is 0 Å². The summed E-state index contributed by atoms with van der Waals surface area (Å²) >= 11 is 1.54. The predicted molar refractivity (Wildman–Crippen MR) is 143 cm³/mol. The van der Waals surface area contributed by atoms with Gasteiger partial charge in [0.05, 0.1) is 16.3 Å². The van der Waals surface area contributed by atoms with Crippen molar-refractivity contribution in [1.29, 1.82) is 0 Å². The molecule has 0 amide bonds. The van der Waals surface area contributed by atoms with Gasteiger partial charge in [0.25, 0.3) is 0 Å². The first-order valence-corrected chi connectivity index (χ1v) is 13.9. The zero-order valence-corrected chi connectivity index (χ0v) is 21.3. The first-order chi connectivity index (χ1) is 17.9.